The molecule has 3 N–H and O–H groups in total. The fraction of sp³-hybridized carbons (Fsp3) is 0.400. The van der Waals surface area contributed by atoms with E-state index in [0.717, 1.165) is 18.9 Å². The van der Waals surface area contributed by atoms with Gasteiger partial charge in [-0.05, 0) is 31.4 Å². The molecule has 0 spiro atoms. The Morgan fingerprint density at radius 1 is 1.57 bits per heavy atom. The minimum absolute atomic E-state index is 0.0276. The maximum Gasteiger partial charge on any atom is 0.139 e. The second-order valence-electron chi connectivity index (χ2n) is 3.84. The zero-order valence-corrected chi connectivity index (χ0v) is 8.53. The number of nitrogens with two attached hydrogens (primary N) is 1. The third-order valence-corrected chi connectivity index (χ3v) is 3.02. The fourth-order valence-electron chi connectivity index (χ4n) is 1.70. The Hall–Kier alpha value is -0.800. The van der Waals surface area contributed by atoms with Gasteiger partial charge in [0.2, 0.25) is 0 Å². The zero-order valence-electron chi connectivity index (χ0n) is 7.77. The Kier molecular flexibility index (Phi) is 1.98. The van der Waals surface area contributed by atoms with Crippen LogP contribution in [0, 0.1) is 12.7 Å². The molecule has 1 aliphatic carbocycles. The SMILES string of the molecule is Cc1c(F)cc(Cl)c(O)c1C1(N)CC1. The molecule has 0 saturated heterocycles. The van der Waals surface area contributed by atoms with Crippen molar-refractivity contribution in [2.45, 2.75) is 25.3 Å². The molecular weight excluding hydrogens is 205 g/mol. The molecular formula is C10H11ClFNO. The molecule has 14 heavy (non-hydrogen) atoms. The summed E-state index contributed by atoms with van der Waals surface area (Å²) in [6, 6.07) is 1.11. The number of benzene rings is 1. The molecule has 0 heterocycles. The topological polar surface area (TPSA) is 46.2 Å². The number of hydrogen-bond acceptors (Lipinski definition) is 2. The van der Waals surface area contributed by atoms with Crippen LogP contribution in [0.3, 0.4) is 0 Å². The van der Waals surface area contributed by atoms with Crippen LogP contribution >= 0.6 is 11.6 Å². The fourth-order valence-corrected chi connectivity index (χ4v) is 1.89. The number of hydrogen-bond donors (Lipinski definition) is 2. The van der Waals surface area contributed by atoms with Crippen LogP contribution in [0.15, 0.2) is 6.07 Å². The molecule has 0 aliphatic heterocycles. The smallest absolute Gasteiger partial charge is 0.139 e. The lowest BCUT2D eigenvalue weighted by Crippen LogP contribution is -2.21. The highest BCUT2D eigenvalue weighted by molar-refractivity contribution is 6.32. The number of aromatic hydroxyl groups is 1. The number of rotatable bonds is 1. The normalized spacial score (nSPS) is 18.3. The van der Waals surface area contributed by atoms with Gasteiger partial charge in [0, 0.05) is 11.1 Å². The molecule has 4 heteroatoms. The number of halogens is 2. The van der Waals surface area contributed by atoms with Gasteiger partial charge >= 0.3 is 0 Å². The molecule has 0 atom stereocenters. The highest BCUT2D eigenvalue weighted by Gasteiger charge is 2.44. The Bertz CT molecular complexity index is 375. The van der Waals surface area contributed by atoms with Crippen molar-refractivity contribution in [3.8, 4) is 5.75 Å². The van der Waals surface area contributed by atoms with Crippen LogP contribution in [0.4, 0.5) is 4.39 Å². The largest absolute Gasteiger partial charge is 0.506 e. The van der Waals surface area contributed by atoms with Crippen molar-refractivity contribution in [3.63, 3.8) is 0 Å². The summed E-state index contributed by atoms with van der Waals surface area (Å²) in [5.74, 6) is -0.495. The van der Waals surface area contributed by atoms with E-state index in [2.05, 4.69) is 0 Å². The molecule has 1 aromatic carbocycles. The molecule has 0 radical (unpaired) electrons. The average Bonchev–Trinajstić information content (AvgIpc) is 2.81. The highest BCUT2D eigenvalue weighted by atomic mass is 35.5. The van der Waals surface area contributed by atoms with E-state index in [1.165, 1.54) is 0 Å². The molecule has 2 rings (SSSR count). The molecule has 0 unspecified atom stereocenters. The molecule has 76 valence electrons. The van der Waals surface area contributed by atoms with Gasteiger partial charge in [-0.3, -0.25) is 0 Å². The van der Waals surface area contributed by atoms with Crippen LogP contribution in [0.5, 0.6) is 5.75 Å². The summed E-state index contributed by atoms with van der Waals surface area (Å²) in [7, 11) is 0. The Labute approximate surface area is 86.5 Å². The lowest BCUT2D eigenvalue weighted by atomic mass is 9.98. The van der Waals surface area contributed by atoms with Crippen molar-refractivity contribution in [2.24, 2.45) is 5.73 Å². The highest BCUT2D eigenvalue weighted by Crippen LogP contribution is 2.49. The number of phenolic OH excluding ortho intramolecular Hbond substituents is 1. The second-order valence-corrected chi connectivity index (χ2v) is 4.25. The van der Waals surface area contributed by atoms with Crippen LogP contribution < -0.4 is 5.73 Å². The van der Waals surface area contributed by atoms with Crippen molar-refractivity contribution in [2.75, 3.05) is 0 Å². The maximum atomic E-state index is 13.3. The minimum Gasteiger partial charge on any atom is -0.506 e. The lowest BCUT2D eigenvalue weighted by molar-refractivity contribution is 0.455. The minimum atomic E-state index is -0.570. The Balaban J connectivity index is 2.68. The van der Waals surface area contributed by atoms with Crippen molar-refractivity contribution in [1.82, 2.24) is 0 Å². The van der Waals surface area contributed by atoms with E-state index in [1.54, 1.807) is 6.92 Å². The van der Waals surface area contributed by atoms with Gasteiger partial charge < -0.3 is 10.8 Å². The quantitative estimate of drug-likeness (QED) is 0.756. The van der Waals surface area contributed by atoms with E-state index in [4.69, 9.17) is 17.3 Å². The van der Waals surface area contributed by atoms with Gasteiger partial charge in [0.05, 0.1) is 5.02 Å². The monoisotopic (exact) mass is 215 g/mol. The summed E-state index contributed by atoms with van der Waals surface area (Å²) >= 11 is 5.68. The summed E-state index contributed by atoms with van der Waals surface area (Å²) in [6.07, 6.45) is 1.53. The first-order valence-corrected chi connectivity index (χ1v) is 4.80. The van der Waals surface area contributed by atoms with E-state index in [-0.39, 0.29) is 10.8 Å². The van der Waals surface area contributed by atoms with Gasteiger partial charge in [0.15, 0.2) is 0 Å². The summed E-state index contributed by atoms with van der Waals surface area (Å²) < 4.78 is 13.3. The summed E-state index contributed by atoms with van der Waals surface area (Å²) in [6.45, 7) is 1.60. The summed E-state index contributed by atoms with van der Waals surface area (Å²) in [5.41, 5.74) is 6.21. The predicted molar refractivity (Wildman–Crippen MR) is 52.9 cm³/mol. The van der Waals surface area contributed by atoms with Crippen LogP contribution in [0.2, 0.25) is 5.02 Å². The third kappa shape index (κ3) is 1.28. The van der Waals surface area contributed by atoms with Crippen LogP contribution in [0.1, 0.15) is 24.0 Å². The van der Waals surface area contributed by atoms with Gasteiger partial charge in [-0.15, -0.1) is 0 Å². The zero-order chi connectivity index (χ0) is 10.5. The molecule has 0 amide bonds. The maximum absolute atomic E-state index is 13.3. The van der Waals surface area contributed by atoms with Crippen LogP contribution in [0.25, 0.3) is 0 Å². The Morgan fingerprint density at radius 2 is 2.14 bits per heavy atom. The van der Waals surface area contributed by atoms with Gasteiger partial charge in [-0.25, -0.2) is 4.39 Å². The third-order valence-electron chi connectivity index (χ3n) is 2.74. The summed E-state index contributed by atoms with van der Waals surface area (Å²) in [4.78, 5) is 0. The second kappa shape index (κ2) is 2.84. The molecule has 0 aromatic heterocycles. The first kappa shape index (κ1) is 9.74. The summed E-state index contributed by atoms with van der Waals surface area (Å²) in [5, 5.41) is 9.73. The molecule has 1 aromatic rings. The molecule has 1 saturated carbocycles. The van der Waals surface area contributed by atoms with Gasteiger partial charge in [0.1, 0.15) is 11.6 Å². The average molecular weight is 216 g/mol. The van der Waals surface area contributed by atoms with E-state index >= 15 is 0 Å². The van der Waals surface area contributed by atoms with E-state index in [9.17, 15) is 9.50 Å². The van der Waals surface area contributed by atoms with Crippen molar-refractivity contribution in [3.05, 3.63) is 28.0 Å². The molecule has 2 nitrogen and oxygen atoms in total. The molecule has 0 bridgehead atoms. The van der Waals surface area contributed by atoms with E-state index in [0.29, 0.717) is 11.1 Å². The van der Waals surface area contributed by atoms with Crippen LogP contribution in [-0.4, -0.2) is 5.11 Å². The lowest BCUT2D eigenvalue weighted by Gasteiger charge is -2.16. The van der Waals surface area contributed by atoms with Crippen molar-refractivity contribution >= 4 is 11.6 Å². The van der Waals surface area contributed by atoms with Gasteiger partial charge in [0.25, 0.3) is 0 Å². The van der Waals surface area contributed by atoms with Gasteiger partial charge in [-0.2, -0.15) is 0 Å². The standard InChI is InChI=1S/C10H11ClFNO/c1-5-7(12)4-6(11)9(14)8(5)10(13)2-3-10/h4,14H,2-3,13H2,1H3. The van der Waals surface area contributed by atoms with Crippen molar-refractivity contribution in [1.29, 1.82) is 0 Å². The first-order chi connectivity index (χ1) is 6.46. The predicted octanol–water partition coefficient (Wildman–Crippen LogP) is 2.44. The van der Waals surface area contributed by atoms with Crippen LogP contribution in [-0.2, 0) is 5.54 Å². The van der Waals surface area contributed by atoms with Gasteiger partial charge in [-0.1, -0.05) is 11.6 Å². The van der Waals surface area contributed by atoms with E-state index < -0.39 is 11.4 Å². The Morgan fingerprint density at radius 3 is 2.64 bits per heavy atom. The first-order valence-electron chi connectivity index (χ1n) is 4.42. The van der Waals surface area contributed by atoms with Crippen molar-refractivity contribution < 1.29 is 9.50 Å². The molecule has 1 aliphatic rings. The molecule has 1 fully saturated rings. The number of phenols is 1. The van der Waals surface area contributed by atoms with E-state index in [1.807, 2.05) is 0 Å².